The molecular weight excluding hydrogens is 468 g/mol. The standard InChI is InChI=1S/C26H25BrN2O3/c1-14-9-10-18(17(27)13-14)29-24(31)19-20(25(29)32)22(23(30)26(2,3)4)28-12-11-15-7-5-6-8-16(15)21(19)28/h5-13,19-22H,1-4H3. The molecule has 0 spiro atoms. The maximum absolute atomic E-state index is 13.8. The summed E-state index contributed by atoms with van der Waals surface area (Å²) in [7, 11) is 0. The first-order chi connectivity index (χ1) is 15.1. The summed E-state index contributed by atoms with van der Waals surface area (Å²) in [5.74, 6) is -1.90. The Bertz CT molecular complexity index is 1200. The van der Waals surface area contributed by atoms with Crippen LogP contribution in [0.3, 0.4) is 0 Å². The first-order valence-corrected chi connectivity index (χ1v) is 11.6. The molecule has 0 radical (unpaired) electrons. The van der Waals surface area contributed by atoms with Crippen LogP contribution in [0.2, 0.25) is 0 Å². The van der Waals surface area contributed by atoms with Gasteiger partial charge in [-0.25, -0.2) is 4.90 Å². The van der Waals surface area contributed by atoms with Crippen LogP contribution in [0.25, 0.3) is 6.08 Å². The van der Waals surface area contributed by atoms with Crippen molar-refractivity contribution in [3.8, 4) is 0 Å². The molecule has 2 saturated heterocycles. The van der Waals surface area contributed by atoms with Crippen molar-refractivity contribution in [2.24, 2.45) is 17.3 Å². The summed E-state index contributed by atoms with van der Waals surface area (Å²) in [6, 6.07) is 12.5. The predicted molar refractivity (Wildman–Crippen MR) is 127 cm³/mol. The zero-order valence-electron chi connectivity index (χ0n) is 18.5. The molecule has 3 aliphatic heterocycles. The Labute approximate surface area is 196 Å². The highest BCUT2D eigenvalue weighted by Gasteiger charge is 2.65. The number of hydrogen-bond donors (Lipinski definition) is 0. The number of fused-ring (bicyclic) bond motifs is 5. The molecule has 4 atom stereocenters. The average Bonchev–Trinajstić information content (AvgIpc) is 3.20. The molecule has 2 fully saturated rings. The summed E-state index contributed by atoms with van der Waals surface area (Å²) in [6.07, 6.45) is 3.87. The highest BCUT2D eigenvalue weighted by molar-refractivity contribution is 9.10. The molecule has 0 aliphatic carbocycles. The van der Waals surface area contributed by atoms with E-state index in [1.807, 2.05) is 81.3 Å². The third-order valence-corrected chi connectivity index (χ3v) is 7.45. The maximum Gasteiger partial charge on any atom is 0.240 e. The topological polar surface area (TPSA) is 57.7 Å². The SMILES string of the molecule is Cc1ccc(N2C(=O)C3C(C2=O)C2c4ccccc4C=CN2C3C(=O)C(C)(C)C)c(Br)c1. The number of Topliss-reactive ketones (excluding diaryl/α,β-unsaturated/α-hetero) is 1. The van der Waals surface area contributed by atoms with Crippen molar-refractivity contribution in [2.75, 3.05) is 4.90 Å². The molecule has 6 heteroatoms. The number of amides is 2. The third kappa shape index (κ3) is 2.92. The van der Waals surface area contributed by atoms with Crippen molar-refractivity contribution >= 4 is 45.3 Å². The zero-order chi connectivity index (χ0) is 22.9. The van der Waals surface area contributed by atoms with Crippen LogP contribution in [0.5, 0.6) is 0 Å². The Morgan fingerprint density at radius 1 is 1.00 bits per heavy atom. The van der Waals surface area contributed by atoms with E-state index in [1.54, 1.807) is 6.07 Å². The third-order valence-electron chi connectivity index (χ3n) is 6.81. The Morgan fingerprint density at radius 2 is 1.69 bits per heavy atom. The van der Waals surface area contributed by atoms with E-state index in [0.29, 0.717) is 10.2 Å². The van der Waals surface area contributed by atoms with E-state index in [1.165, 1.54) is 4.90 Å². The Balaban J connectivity index is 1.68. The minimum atomic E-state index is -0.719. The van der Waals surface area contributed by atoms with Gasteiger partial charge in [-0.05, 0) is 57.8 Å². The van der Waals surface area contributed by atoms with Crippen molar-refractivity contribution in [3.05, 3.63) is 69.8 Å². The van der Waals surface area contributed by atoms with Gasteiger partial charge in [0.1, 0.15) is 6.04 Å². The molecule has 2 aromatic rings. The second-order valence-electron chi connectivity index (χ2n) is 9.91. The summed E-state index contributed by atoms with van der Waals surface area (Å²) in [6.45, 7) is 7.57. The first-order valence-electron chi connectivity index (χ1n) is 10.8. The van der Waals surface area contributed by atoms with E-state index in [4.69, 9.17) is 0 Å². The van der Waals surface area contributed by atoms with Crippen LogP contribution in [0.4, 0.5) is 5.69 Å². The quantitative estimate of drug-likeness (QED) is 0.560. The van der Waals surface area contributed by atoms with Gasteiger partial charge in [0.2, 0.25) is 11.8 Å². The van der Waals surface area contributed by atoms with Crippen LogP contribution in [-0.2, 0) is 14.4 Å². The fourth-order valence-electron chi connectivity index (χ4n) is 5.33. The lowest BCUT2D eigenvalue weighted by molar-refractivity contribution is -0.135. The molecule has 164 valence electrons. The van der Waals surface area contributed by atoms with Crippen molar-refractivity contribution in [3.63, 3.8) is 0 Å². The summed E-state index contributed by atoms with van der Waals surface area (Å²) in [5, 5.41) is 0. The van der Waals surface area contributed by atoms with E-state index >= 15 is 0 Å². The molecule has 0 aromatic heterocycles. The molecule has 0 bridgehead atoms. The average molecular weight is 493 g/mol. The van der Waals surface area contributed by atoms with E-state index in [-0.39, 0.29) is 23.6 Å². The highest BCUT2D eigenvalue weighted by atomic mass is 79.9. The van der Waals surface area contributed by atoms with Crippen LogP contribution in [0.15, 0.2) is 53.1 Å². The molecule has 0 saturated carbocycles. The van der Waals surface area contributed by atoms with Gasteiger partial charge < -0.3 is 4.90 Å². The summed E-state index contributed by atoms with van der Waals surface area (Å²) >= 11 is 3.53. The van der Waals surface area contributed by atoms with Gasteiger partial charge >= 0.3 is 0 Å². The van der Waals surface area contributed by atoms with Gasteiger partial charge in [-0.1, -0.05) is 51.1 Å². The maximum atomic E-state index is 13.8. The molecule has 3 aliphatic rings. The van der Waals surface area contributed by atoms with Gasteiger partial charge in [-0.3, -0.25) is 14.4 Å². The van der Waals surface area contributed by atoms with Crippen LogP contribution >= 0.6 is 15.9 Å². The van der Waals surface area contributed by atoms with E-state index in [2.05, 4.69) is 15.9 Å². The fraction of sp³-hybridized carbons (Fsp3) is 0.346. The van der Waals surface area contributed by atoms with E-state index in [9.17, 15) is 14.4 Å². The summed E-state index contributed by atoms with van der Waals surface area (Å²) < 4.78 is 0.693. The minimum Gasteiger partial charge on any atom is -0.359 e. The zero-order valence-corrected chi connectivity index (χ0v) is 20.1. The smallest absolute Gasteiger partial charge is 0.240 e. The predicted octanol–water partition coefficient (Wildman–Crippen LogP) is 4.89. The molecule has 5 nitrogen and oxygen atoms in total. The largest absolute Gasteiger partial charge is 0.359 e. The van der Waals surface area contributed by atoms with Crippen molar-refractivity contribution < 1.29 is 14.4 Å². The Morgan fingerprint density at radius 3 is 2.38 bits per heavy atom. The van der Waals surface area contributed by atoms with Gasteiger partial charge in [0.05, 0.1) is 23.6 Å². The Hall–Kier alpha value is -2.73. The van der Waals surface area contributed by atoms with Gasteiger partial charge in [0.15, 0.2) is 5.78 Å². The molecule has 2 aromatic carbocycles. The van der Waals surface area contributed by atoms with Crippen molar-refractivity contribution in [1.29, 1.82) is 0 Å². The monoisotopic (exact) mass is 492 g/mol. The van der Waals surface area contributed by atoms with Gasteiger partial charge in [0.25, 0.3) is 0 Å². The number of ketones is 1. The number of anilines is 1. The number of rotatable bonds is 2. The van der Waals surface area contributed by atoms with E-state index < -0.39 is 23.3 Å². The first kappa shape index (κ1) is 21.1. The minimum absolute atomic E-state index is 0.0231. The van der Waals surface area contributed by atoms with Crippen molar-refractivity contribution in [2.45, 2.75) is 39.8 Å². The molecule has 32 heavy (non-hydrogen) atoms. The van der Waals surface area contributed by atoms with Gasteiger partial charge in [-0.15, -0.1) is 0 Å². The van der Waals surface area contributed by atoms with E-state index in [0.717, 1.165) is 16.7 Å². The van der Waals surface area contributed by atoms with Crippen LogP contribution in [-0.4, -0.2) is 28.5 Å². The lowest BCUT2D eigenvalue weighted by Crippen LogP contribution is -2.47. The lowest BCUT2D eigenvalue weighted by Gasteiger charge is -2.37. The van der Waals surface area contributed by atoms with Crippen molar-refractivity contribution in [1.82, 2.24) is 4.90 Å². The second-order valence-corrected chi connectivity index (χ2v) is 10.8. The highest BCUT2D eigenvalue weighted by Crippen LogP contribution is 2.54. The number of aryl methyl sites for hydroxylation is 1. The number of nitrogens with zero attached hydrogens (tertiary/aromatic N) is 2. The number of carbonyl (C=O) groups excluding carboxylic acids is 3. The lowest BCUT2D eigenvalue weighted by atomic mass is 9.79. The number of hydrogen-bond acceptors (Lipinski definition) is 4. The summed E-state index contributed by atoms with van der Waals surface area (Å²) in [4.78, 5) is 44.5. The van der Waals surface area contributed by atoms with Crippen LogP contribution < -0.4 is 4.90 Å². The molecule has 0 N–H and O–H groups in total. The van der Waals surface area contributed by atoms with Crippen LogP contribution in [0.1, 0.15) is 43.5 Å². The number of benzene rings is 2. The molecular formula is C26H25BrN2O3. The number of carbonyl (C=O) groups is 3. The molecule has 5 rings (SSSR count). The number of imide groups is 1. The van der Waals surface area contributed by atoms with Gasteiger partial charge in [-0.2, -0.15) is 0 Å². The number of halogens is 1. The molecule has 4 unspecified atom stereocenters. The molecule has 3 heterocycles. The Kier molecular flexibility index (Phi) is 4.71. The fourth-order valence-corrected chi connectivity index (χ4v) is 6.00. The van der Waals surface area contributed by atoms with Gasteiger partial charge in [0, 0.05) is 16.1 Å². The van der Waals surface area contributed by atoms with Crippen LogP contribution in [0, 0.1) is 24.2 Å². The summed E-state index contributed by atoms with van der Waals surface area (Å²) in [5.41, 5.74) is 2.92. The second kappa shape index (κ2) is 7.14. The normalized spacial score (nSPS) is 26.3. The molecule has 2 amide bonds.